The van der Waals surface area contributed by atoms with Crippen LogP contribution in [0.1, 0.15) is 18.6 Å². The van der Waals surface area contributed by atoms with Gasteiger partial charge >= 0.3 is 0 Å². The van der Waals surface area contributed by atoms with Crippen molar-refractivity contribution in [3.8, 4) is 57.6 Å². The summed E-state index contributed by atoms with van der Waals surface area (Å²) < 4.78 is 32.0. The molecule has 0 aliphatic carbocycles. The predicted molar refractivity (Wildman–Crippen MR) is 571 cm³/mol. The topological polar surface area (TPSA) is 122 Å². The van der Waals surface area contributed by atoms with Gasteiger partial charge in [-0.1, -0.05) is 305 Å². The molecule has 0 saturated heterocycles. The molecule has 0 saturated carbocycles. The zero-order valence-corrected chi connectivity index (χ0v) is 73.4. The second kappa shape index (κ2) is 29.7. The van der Waals surface area contributed by atoms with Gasteiger partial charge in [-0.25, -0.2) is 9.69 Å². The molecule has 10 heterocycles. The first-order valence-electron chi connectivity index (χ1n) is 46.1. The van der Waals surface area contributed by atoms with Crippen molar-refractivity contribution >= 4 is 230 Å². The van der Waals surface area contributed by atoms with E-state index >= 15 is 0 Å². The molecule has 20 aromatic carbocycles. The number of hydrogen-bond donors (Lipinski definition) is 0. The number of rotatable bonds is 8. The van der Waals surface area contributed by atoms with Crippen LogP contribution in [0.4, 0.5) is 11.4 Å². The van der Waals surface area contributed by atoms with Crippen molar-refractivity contribution in [1.82, 2.24) is 36.5 Å². The second-order valence-electron chi connectivity index (χ2n) is 35.5. The van der Waals surface area contributed by atoms with E-state index < -0.39 is 0 Å². The average Bonchev–Trinajstić information content (AvgIpc) is 1.54. The van der Waals surface area contributed by atoms with Crippen LogP contribution in [0.3, 0.4) is 0 Å². The quantitative estimate of drug-likeness (QED) is 0.141. The van der Waals surface area contributed by atoms with Crippen LogP contribution >= 0.6 is 0 Å². The van der Waals surface area contributed by atoms with E-state index in [0.29, 0.717) is 28.3 Å². The van der Waals surface area contributed by atoms with Crippen LogP contribution in [-0.2, 0) is 0 Å². The average molecular weight is 1770 g/mol. The minimum Gasteiger partial charge on any atom is -0.456 e. The fourth-order valence-electron chi connectivity index (χ4n) is 23.4. The fraction of sp³-hybridized carbons (Fsp3) is 0.00800. The van der Waals surface area contributed by atoms with Gasteiger partial charge in [0.1, 0.15) is 16.7 Å². The molecule has 30 rings (SSSR count). The summed E-state index contributed by atoms with van der Waals surface area (Å²) in [4.78, 5) is 9.14. The largest absolute Gasteiger partial charge is 0.456 e. The molecule has 0 amide bonds. The lowest BCUT2D eigenvalue weighted by atomic mass is 10.0. The summed E-state index contributed by atoms with van der Waals surface area (Å²) in [6.07, 6.45) is 0. The normalized spacial score (nSPS) is 11.9. The summed E-state index contributed by atoms with van der Waals surface area (Å²) in [5.74, 6) is 0. The van der Waals surface area contributed by atoms with Crippen molar-refractivity contribution in [1.29, 1.82) is 10.5 Å². The summed E-state index contributed by atoms with van der Waals surface area (Å²) in [7, 11) is 0. The molecule has 0 aliphatic rings. The van der Waals surface area contributed by atoms with E-state index in [1.54, 1.807) is 0 Å². The van der Waals surface area contributed by atoms with Crippen LogP contribution in [0.2, 0.25) is 0 Å². The Morgan fingerprint density at radius 2 is 0.396 bits per heavy atom. The Kier molecular flexibility index (Phi) is 16.7. The molecule has 644 valence electrons. The third-order valence-corrected chi connectivity index (χ3v) is 28.8. The van der Waals surface area contributed by atoms with E-state index in [0.717, 1.165) is 235 Å². The molecule has 0 atom stereocenters. The number of aromatic nitrogens is 8. The Morgan fingerprint density at radius 3 is 0.683 bits per heavy atom. The third kappa shape index (κ3) is 10.5. The summed E-state index contributed by atoms with van der Waals surface area (Å²) in [6, 6.07) is 149. The molecule has 0 spiro atoms. The predicted octanol–water partition coefficient (Wildman–Crippen LogP) is 33.4. The highest BCUT2D eigenvalue weighted by Gasteiger charge is 2.39. The molecule has 0 bridgehead atoms. The van der Waals surface area contributed by atoms with Gasteiger partial charge in [-0.15, -0.1) is 0 Å². The van der Waals surface area contributed by atoms with Crippen LogP contribution in [0.15, 0.2) is 421 Å². The molecule has 14 heteroatoms. The molecule has 10 aromatic heterocycles. The van der Waals surface area contributed by atoms with Crippen molar-refractivity contribution in [2.45, 2.75) is 7.43 Å². The van der Waals surface area contributed by atoms with Gasteiger partial charge in [-0.3, -0.25) is 0 Å². The van der Waals surface area contributed by atoms with Crippen molar-refractivity contribution in [2.75, 3.05) is 0 Å². The number of nitriles is 2. The van der Waals surface area contributed by atoms with E-state index in [4.69, 9.17) is 8.83 Å². The third-order valence-electron chi connectivity index (χ3n) is 28.8. The minimum atomic E-state index is 0. The molecule has 0 radical (unpaired) electrons. The SMILES string of the molecule is C.[C-]#[N+]c1c(C#N)c(-n2c3ccccc3c3ccc4c5ccccc5oc4c32)c(-n2c3ccccc3c3ccccc32)c(-n2c3ccccc3c3ccccc32)c1-n1c2ccccc2c2ccccc21.[C-]#[N+]c1c(C#N)c(-n2c3ccccc3c3ccc4oc5ccccc5c4c32)c(-n2c3ccccc3c3ccccc32)c(-n2c3ccccc3c3ccccc32)c1-n1c2ccccc2c2ccccc21. The minimum absolute atomic E-state index is 0. The van der Waals surface area contributed by atoms with Gasteiger partial charge in [-0.05, 0) is 115 Å². The van der Waals surface area contributed by atoms with Crippen molar-refractivity contribution in [2.24, 2.45) is 0 Å². The van der Waals surface area contributed by atoms with E-state index in [1.807, 2.05) is 36.4 Å². The van der Waals surface area contributed by atoms with Crippen LogP contribution in [0.25, 0.3) is 274 Å². The van der Waals surface area contributed by atoms with Gasteiger partial charge in [0.25, 0.3) is 0 Å². The first-order chi connectivity index (χ1) is 68.5. The highest BCUT2D eigenvalue weighted by atomic mass is 16.3. The maximum atomic E-state index is 12.2. The van der Waals surface area contributed by atoms with E-state index in [1.165, 1.54) is 0 Å². The maximum Gasteiger partial charge on any atom is 0.232 e. The molecule has 14 nitrogen and oxygen atoms in total. The molecular formula is C125H72N12O2. The van der Waals surface area contributed by atoms with Gasteiger partial charge < -0.3 is 45.4 Å². The summed E-state index contributed by atoms with van der Waals surface area (Å²) >= 11 is 0. The number of para-hydroxylation sites is 16. The molecule has 0 aliphatic heterocycles. The maximum absolute atomic E-state index is 12.2. The van der Waals surface area contributed by atoms with Gasteiger partial charge in [-0.2, -0.15) is 10.5 Å². The summed E-state index contributed by atoms with van der Waals surface area (Å²) in [5, 5.41) is 45.1. The van der Waals surface area contributed by atoms with Crippen molar-refractivity contribution in [3.05, 3.63) is 446 Å². The first-order valence-corrected chi connectivity index (χ1v) is 46.1. The summed E-state index contributed by atoms with van der Waals surface area (Å²) in [5.41, 5.74) is 24.4. The number of hydrogen-bond acceptors (Lipinski definition) is 4. The molecule has 0 unspecified atom stereocenters. The standard InChI is InChI=1S/2C62H34N6O.CH4/c1-64-57-46(36-63)59(68-53-32-16-8-24-43(53)44-34-35-55-56(58(44)68)45-25-9-17-33-54(45)69-55)61(66-49-28-12-4-20-39(49)40-21-5-13-29-50(40)66)62(67-51-30-14-6-22-41(51)42-23-7-15-31-52(42)67)60(57)65-47-26-10-2-18-37(47)38-19-3-11-27-48(38)65;1-64-56-47(36-63)57(68-54-32-16-8-24-43(54)45-34-35-46-44-25-9-17-33-55(44)69-62(46)58(45)68)60(66-50-28-12-4-20-39(50)40-21-5-13-29-51(40)66)61(67-52-30-14-6-22-41(52)42-23-7-15-31-53(42)67)59(56)65-48-26-10-2-18-37(48)38-19-3-11-27-49(38)65;/h2*2-35H;1H4. The van der Waals surface area contributed by atoms with Crippen LogP contribution in [0.5, 0.6) is 0 Å². The van der Waals surface area contributed by atoms with Crippen LogP contribution in [0, 0.1) is 35.8 Å². The lowest BCUT2D eigenvalue weighted by Gasteiger charge is -2.28. The van der Waals surface area contributed by atoms with E-state index in [2.05, 4.69) is 434 Å². The number of benzene rings is 20. The van der Waals surface area contributed by atoms with E-state index in [-0.39, 0.29) is 29.9 Å². The second-order valence-corrected chi connectivity index (χ2v) is 35.5. The zero-order chi connectivity index (χ0) is 91.0. The Bertz CT molecular complexity index is 10500. The van der Waals surface area contributed by atoms with Crippen molar-refractivity contribution in [3.63, 3.8) is 0 Å². The molecule has 0 fully saturated rings. The Morgan fingerprint density at radius 1 is 0.187 bits per heavy atom. The number of nitrogens with zero attached hydrogens (tertiary/aromatic N) is 12. The molecule has 0 N–H and O–H groups in total. The molecule has 139 heavy (non-hydrogen) atoms. The Hall–Kier alpha value is -19.6. The smallest absolute Gasteiger partial charge is 0.232 e. The van der Waals surface area contributed by atoms with Gasteiger partial charge in [0.15, 0.2) is 5.58 Å². The van der Waals surface area contributed by atoms with Gasteiger partial charge in [0.05, 0.1) is 176 Å². The summed E-state index contributed by atoms with van der Waals surface area (Å²) in [6.45, 7) is 19.0. The van der Waals surface area contributed by atoms with Gasteiger partial charge in [0.2, 0.25) is 11.4 Å². The zero-order valence-electron chi connectivity index (χ0n) is 73.4. The fourth-order valence-corrected chi connectivity index (χ4v) is 23.4. The van der Waals surface area contributed by atoms with Crippen molar-refractivity contribution < 1.29 is 8.83 Å². The first kappa shape index (κ1) is 78.1. The van der Waals surface area contributed by atoms with Gasteiger partial charge in [0, 0.05) is 102 Å². The molecule has 30 aromatic rings. The lowest BCUT2D eigenvalue weighted by Crippen LogP contribution is -2.15. The monoisotopic (exact) mass is 1770 g/mol. The van der Waals surface area contributed by atoms with Crippen LogP contribution in [-0.4, -0.2) is 36.5 Å². The molecular weight excluding hydrogens is 1700 g/mol. The Labute approximate surface area is 791 Å². The highest BCUT2D eigenvalue weighted by molar-refractivity contribution is 6.28. The number of furan rings is 2. The van der Waals surface area contributed by atoms with Crippen LogP contribution < -0.4 is 0 Å². The lowest BCUT2D eigenvalue weighted by molar-refractivity contribution is 0.669. The highest BCUT2D eigenvalue weighted by Crippen LogP contribution is 2.57. The van der Waals surface area contributed by atoms with E-state index in [9.17, 15) is 23.7 Å². The Balaban J connectivity index is 0.000000136. The number of fused-ring (bicyclic) bond motifs is 32.